The Morgan fingerprint density at radius 1 is 1.39 bits per heavy atom. The van der Waals surface area contributed by atoms with Crippen LogP contribution in [0.5, 0.6) is 0 Å². The topological polar surface area (TPSA) is 63.4 Å². The van der Waals surface area contributed by atoms with Crippen LogP contribution in [0.3, 0.4) is 0 Å². The number of anilines is 1. The predicted molar refractivity (Wildman–Crippen MR) is 75.6 cm³/mol. The number of rotatable bonds is 4. The molecule has 4 nitrogen and oxygen atoms in total. The minimum atomic E-state index is -3.66. The summed E-state index contributed by atoms with van der Waals surface area (Å²) in [5, 5.41) is 0.211. The molecule has 102 valence electrons. The Hall–Kier alpha value is -0.490. The van der Waals surface area contributed by atoms with Crippen molar-refractivity contribution in [1.29, 1.82) is 0 Å². The van der Waals surface area contributed by atoms with Gasteiger partial charge in [0.25, 0.3) is 0 Å². The van der Waals surface area contributed by atoms with Crippen LogP contribution in [0, 0.1) is 0 Å². The summed E-state index contributed by atoms with van der Waals surface area (Å²) in [5.74, 6) is 0. The van der Waals surface area contributed by atoms with E-state index in [0.29, 0.717) is 6.42 Å². The molecule has 0 radical (unpaired) electrons. The van der Waals surface area contributed by atoms with Crippen molar-refractivity contribution >= 4 is 38.9 Å². The Balaban J connectivity index is 3.34. The maximum Gasteiger partial charge on any atom is 0.244 e. The minimum Gasteiger partial charge on any atom is -0.396 e. The third-order valence-corrected chi connectivity index (χ3v) is 5.82. The molecule has 1 atom stereocenters. The number of nitrogens with zero attached hydrogens (tertiary/aromatic N) is 1. The minimum absolute atomic E-state index is 0.0196. The smallest absolute Gasteiger partial charge is 0.244 e. The van der Waals surface area contributed by atoms with Gasteiger partial charge in [-0.05, 0) is 25.5 Å². The maximum atomic E-state index is 12.4. The van der Waals surface area contributed by atoms with Crippen LogP contribution in [0.15, 0.2) is 17.0 Å². The highest BCUT2D eigenvalue weighted by atomic mass is 35.5. The molecule has 0 saturated carbocycles. The van der Waals surface area contributed by atoms with E-state index < -0.39 is 10.0 Å². The molecule has 0 bridgehead atoms. The van der Waals surface area contributed by atoms with Crippen molar-refractivity contribution in [2.45, 2.75) is 31.2 Å². The van der Waals surface area contributed by atoms with Gasteiger partial charge in [0.05, 0.1) is 15.7 Å². The molecule has 1 unspecified atom stereocenters. The lowest BCUT2D eigenvalue weighted by atomic mass is 10.3. The molecule has 7 heteroatoms. The van der Waals surface area contributed by atoms with E-state index in [1.807, 2.05) is 13.8 Å². The predicted octanol–water partition coefficient (Wildman–Crippen LogP) is 2.99. The summed E-state index contributed by atoms with van der Waals surface area (Å²) in [7, 11) is -2.14. The summed E-state index contributed by atoms with van der Waals surface area (Å²) >= 11 is 11.7. The SMILES string of the molecule is CCC(C)N(C)S(=O)(=O)c1ccc(Cl)c(N)c1Cl. The first-order valence-electron chi connectivity index (χ1n) is 5.45. The van der Waals surface area contributed by atoms with Crippen LogP contribution in [-0.2, 0) is 10.0 Å². The molecule has 1 aromatic rings. The van der Waals surface area contributed by atoms with Gasteiger partial charge in [0.1, 0.15) is 4.90 Å². The summed E-state index contributed by atoms with van der Waals surface area (Å²) < 4.78 is 26.0. The number of benzene rings is 1. The number of sulfonamides is 1. The van der Waals surface area contributed by atoms with Gasteiger partial charge in [-0.25, -0.2) is 8.42 Å². The Bertz CT molecular complexity index is 546. The molecule has 0 spiro atoms. The van der Waals surface area contributed by atoms with Crippen molar-refractivity contribution in [2.75, 3.05) is 12.8 Å². The Kier molecular flexibility index (Phi) is 4.89. The van der Waals surface area contributed by atoms with E-state index in [1.54, 1.807) is 0 Å². The highest BCUT2D eigenvalue weighted by molar-refractivity contribution is 7.89. The molecule has 2 N–H and O–H groups in total. The van der Waals surface area contributed by atoms with Crippen LogP contribution in [0.1, 0.15) is 20.3 Å². The van der Waals surface area contributed by atoms with Gasteiger partial charge in [-0.3, -0.25) is 0 Å². The highest BCUT2D eigenvalue weighted by Crippen LogP contribution is 2.34. The van der Waals surface area contributed by atoms with Gasteiger partial charge < -0.3 is 5.73 Å². The van der Waals surface area contributed by atoms with Gasteiger partial charge in [0.2, 0.25) is 10.0 Å². The van der Waals surface area contributed by atoms with E-state index in [-0.39, 0.29) is 26.7 Å². The van der Waals surface area contributed by atoms with Crippen molar-refractivity contribution in [2.24, 2.45) is 0 Å². The fourth-order valence-electron chi connectivity index (χ4n) is 1.40. The van der Waals surface area contributed by atoms with Crippen LogP contribution >= 0.6 is 23.2 Å². The third-order valence-electron chi connectivity index (χ3n) is 2.96. The molecule has 0 heterocycles. The van der Waals surface area contributed by atoms with Crippen molar-refractivity contribution < 1.29 is 8.42 Å². The molecule has 1 rings (SSSR count). The van der Waals surface area contributed by atoms with Gasteiger partial charge >= 0.3 is 0 Å². The third kappa shape index (κ3) is 2.74. The molecule has 0 aliphatic carbocycles. The van der Waals surface area contributed by atoms with Gasteiger partial charge in [0.15, 0.2) is 0 Å². The van der Waals surface area contributed by atoms with Crippen molar-refractivity contribution in [3.05, 3.63) is 22.2 Å². The van der Waals surface area contributed by atoms with Gasteiger partial charge in [0, 0.05) is 13.1 Å². The molecule has 0 aromatic heterocycles. The van der Waals surface area contributed by atoms with E-state index in [4.69, 9.17) is 28.9 Å². The normalized spacial score (nSPS) is 13.9. The second kappa shape index (κ2) is 5.65. The number of hydrogen-bond donors (Lipinski definition) is 1. The van der Waals surface area contributed by atoms with Gasteiger partial charge in [-0.15, -0.1) is 0 Å². The quantitative estimate of drug-likeness (QED) is 0.869. The summed E-state index contributed by atoms with van der Waals surface area (Å²) in [6.45, 7) is 3.74. The summed E-state index contributed by atoms with van der Waals surface area (Å²) in [6.07, 6.45) is 0.705. The fourth-order valence-corrected chi connectivity index (χ4v) is 3.57. The molecular weight excluding hydrogens is 295 g/mol. The molecule has 1 aromatic carbocycles. The lowest BCUT2D eigenvalue weighted by Crippen LogP contribution is -2.34. The van der Waals surface area contributed by atoms with E-state index >= 15 is 0 Å². The molecule has 0 aliphatic heterocycles. The first-order valence-corrected chi connectivity index (χ1v) is 7.64. The van der Waals surface area contributed by atoms with Crippen molar-refractivity contribution in [1.82, 2.24) is 4.31 Å². The van der Waals surface area contributed by atoms with Crippen molar-refractivity contribution in [3.8, 4) is 0 Å². The zero-order valence-electron chi connectivity index (χ0n) is 10.4. The van der Waals surface area contributed by atoms with Crippen LogP contribution in [-0.4, -0.2) is 25.8 Å². The van der Waals surface area contributed by atoms with Gasteiger partial charge in [-0.1, -0.05) is 30.1 Å². The van der Waals surface area contributed by atoms with E-state index in [9.17, 15) is 8.42 Å². The fraction of sp³-hybridized carbons (Fsp3) is 0.455. The summed E-state index contributed by atoms with van der Waals surface area (Å²) in [4.78, 5) is -0.0196. The van der Waals surface area contributed by atoms with Crippen molar-refractivity contribution in [3.63, 3.8) is 0 Å². The largest absolute Gasteiger partial charge is 0.396 e. The first kappa shape index (κ1) is 15.6. The highest BCUT2D eigenvalue weighted by Gasteiger charge is 2.27. The van der Waals surface area contributed by atoms with Gasteiger partial charge in [-0.2, -0.15) is 4.31 Å². The van der Waals surface area contributed by atoms with E-state index in [0.717, 1.165) is 0 Å². The van der Waals surface area contributed by atoms with Crippen LogP contribution in [0.25, 0.3) is 0 Å². The Morgan fingerprint density at radius 3 is 2.44 bits per heavy atom. The summed E-state index contributed by atoms with van der Waals surface area (Å²) in [5.41, 5.74) is 5.72. The zero-order valence-corrected chi connectivity index (χ0v) is 12.8. The molecule has 0 amide bonds. The summed E-state index contributed by atoms with van der Waals surface area (Å²) in [6, 6.07) is 2.68. The standard InChI is InChI=1S/C11H16Cl2N2O2S/c1-4-7(2)15(3)18(16,17)9-6-5-8(12)11(14)10(9)13/h5-7H,4,14H2,1-3H3. The van der Waals surface area contributed by atoms with E-state index in [2.05, 4.69) is 0 Å². The van der Waals surface area contributed by atoms with Crippen LogP contribution in [0.4, 0.5) is 5.69 Å². The Labute approximate surface area is 118 Å². The molecular formula is C11H16Cl2N2O2S. The second-order valence-corrected chi connectivity index (χ2v) is 6.80. The van der Waals surface area contributed by atoms with Crippen LogP contribution in [0.2, 0.25) is 10.0 Å². The zero-order chi connectivity index (χ0) is 14.1. The van der Waals surface area contributed by atoms with Crippen LogP contribution < -0.4 is 5.73 Å². The average molecular weight is 311 g/mol. The lowest BCUT2D eigenvalue weighted by Gasteiger charge is -2.24. The average Bonchev–Trinajstić information content (AvgIpc) is 2.33. The molecule has 0 fully saturated rings. The molecule has 0 saturated heterocycles. The number of hydrogen-bond acceptors (Lipinski definition) is 3. The monoisotopic (exact) mass is 310 g/mol. The Morgan fingerprint density at radius 2 is 1.94 bits per heavy atom. The lowest BCUT2D eigenvalue weighted by molar-refractivity contribution is 0.380. The molecule has 18 heavy (non-hydrogen) atoms. The molecule has 0 aliphatic rings. The first-order chi connectivity index (χ1) is 8.23. The number of nitrogen functional groups attached to an aromatic ring is 1. The number of nitrogens with two attached hydrogens (primary N) is 1. The second-order valence-electron chi connectivity index (χ2n) is 4.05. The maximum absolute atomic E-state index is 12.4. The van der Waals surface area contributed by atoms with E-state index in [1.165, 1.54) is 23.5 Å². The number of halogens is 2.